The first-order valence-electron chi connectivity index (χ1n) is 6.94. The molecular weight excluding hydrogens is 397 g/mol. The molecule has 1 heterocycles. The Morgan fingerprint density at radius 3 is 3.05 bits per heavy atom. The maximum atomic E-state index is 11.2. The number of carboxylic acids is 1. The van der Waals surface area contributed by atoms with Gasteiger partial charge in [-0.05, 0) is 78.1 Å². The van der Waals surface area contributed by atoms with Crippen molar-refractivity contribution in [1.29, 1.82) is 0 Å². The summed E-state index contributed by atoms with van der Waals surface area (Å²) in [4.78, 5) is 12.7. The molecule has 0 saturated carbocycles. The number of fused-ring (bicyclic) bond motifs is 1. The molecule has 2 N–H and O–H groups in total. The summed E-state index contributed by atoms with van der Waals surface area (Å²) in [5.74, 6) is -0.870. The molecule has 0 amide bonds. The van der Waals surface area contributed by atoms with E-state index >= 15 is 0 Å². The number of aryl methyl sites for hydroxylation is 1. The summed E-state index contributed by atoms with van der Waals surface area (Å²) in [6, 6.07) is 7.97. The van der Waals surface area contributed by atoms with Crippen molar-refractivity contribution in [2.45, 2.75) is 32.2 Å². The van der Waals surface area contributed by atoms with Crippen molar-refractivity contribution in [2.24, 2.45) is 0 Å². The zero-order valence-electron chi connectivity index (χ0n) is 11.6. The predicted molar refractivity (Wildman–Crippen MR) is 94.5 cm³/mol. The van der Waals surface area contributed by atoms with Crippen LogP contribution < -0.4 is 5.32 Å². The van der Waals surface area contributed by atoms with Gasteiger partial charge in [-0.1, -0.05) is 6.07 Å². The fourth-order valence-corrected chi connectivity index (χ4v) is 5.00. The molecule has 0 saturated heterocycles. The van der Waals surface area contributed by atoms with E-state index in [0.717, 1.165) is 24.1 Å². The molecule has 3 rings (SSSR count). The van der Waals surface area contributed by atoms with Gasteiger partial charge in [0.15, 0.2) is 0 Å². The molecular formula is C16H16INO2S. The topological polar surface area (TPSA) is 49.3 Å². The number of rotatable bonds is 3. The number of hydrogen-bond acceptors (Lipinski definition) is 3. The summed E-state index contributed by atoms with van der Waals surface area (Å²) in [5.41, 5.74) is 3.49. The molecule has 1 unspecified atom stereocenters. The minimum Gasteiger partial charge on any atom is -0.478 e. The van der Waals surface area contributed by atoms with Crippen LogP contribution in [-0.2, 0) is 6.42 Å². The number of carbonyl (C=O) groups is 1. The Kier molecular flexibility index (Phi) is 4.21. The molecule has 2 aromatic rings. The first kappa shape index (κ1) is 14.8. The average molecular weight is 413 g/mol. The number of nitrogens with one attached hydrogen (secondary N) is 1. The number of thiophene rings is 1. The van der Waals surface area contributed by atoms with Crippen LogP contribution >= 0.6 is 33.9 Å². The summed E-state index contributed by atoms with van der Waals surface area (Å²) in [5, 5.41) is 12.8. The zero-order chi connectivity index (χ0) is 15.0. The minimum absolute atomic E-state index is 0.288. The van der Waals surface area contributed by atoms with Gasteiger partial charge in [-0.25, -0.2) is 4.79 Å². The summed E-state index contributed by atoms with van der Waals surface area (Å²) in [6.07, 6.45) is 3.44. The quantitative estimate of drug-likeness (QED) is 0.708. The van der Waals surface area contributed by atoms with Gasteiger partial charge < -0.3 is 10.4 Å². The van der Waals surface area contributed by atoms with Crippen LogP contribution in [0.4, 0.5) is 5.69 Å². The molecule has 1 atom stereocenters. The molecule has 1 aromatic carbocycles. The fourth-order valence-electron chi connectivity index (χ4n) is 2.88. The number of aromatic carboxylic acids is 1. The average Bonchev–Trinajstić information content (AvgIpc) is 2.82. The molecule has 0 bridgehead atoms. The Balaban J connectivity index is 1.91. The molecule has 21 heavy (non-hydrogen) atoms. The number of hydrogen-bond donors (Lipinski definition) is 2. The minimum atomic E-state index is -0.870. The normalized spacial score (nSPS) is 17.3. The highest BCUT2D eigenvalue weighted by Gasteiger charge is 2.23. The fraction of sp³-hybridized carbons (Fsp3) is 0.312. The molecule has 0 radical (unpaired) electrons. The second-order valence-corrected chi connectivity index (χ2v) is 8.33. The van der Waals surface area contributed by atoms with Gasteiger partial charge >= 0.3 is 5.97 Å². The molecule has 5 heteroatoms. The van der Waals surface area contributed by atoms with Crippen LogP contribution in [0.15, 0.2) is 24.3 Å². The monoisotopic (exact) mass is 413 g/mol. The van der Waals surface area contributed by atoms with E-state index in [4.69, 9.17) is 0 Å². The number of halogens is 1. The van der Waals surface area contributed by atoms with E-state index in [2.05, 4.69) is 34.0 Å². The molecule has 0 fully saturated rings. The van der Waals surface area contributed by atoms with E-state index in [-0.39, 0.29) is 6.04 Å². The largest absolute Gasteiger partial charge is 0.478 e. The van der Waals surface area contributed by atoms with Crippen LogP contribution in [-0.4, -0.2) is 11.1 Å². The molecule has 110 valence electrons. The van der Waals surface area contributed by atoms with Gasteiger partial charge in [-0.2, -0.15) is 0 Å². The Morgan fingerprint density at radius 1 is 1.48 bits per heavy atom. The smallest absolute Gasteiger partial charge is 0.336 e. The van der Waals surface area contributed by atoms with Crippen molar-refractivity contribution in [2.75, 3.05) is 5.32 Å². The summed E-state index contributed by atoms with van der Waals surface area (Å²) >= 11 is 4.24. The van der Waals surface area contributed by atoms with Crippen LogP contribution in [0.2, 0.25) is 0 Å². The molecule has 1 aliphatic carbocycles. The molecule has 3 nitrogen and oxygen atoms in total. The zero-order valence-corrected chi connectivity index (χ0v) is 14.6. The van der Waals surface area contributed by atoms with E-state index in [1.54, 1.807) is 12.1 Å². The van der Waals surface area contributed by atoms with Crippen LogP contribution in [0, 0.1) is 9.81 Å². The summed E-state index contributed by atoms with van der Waals surface area (Å²) in [7, 11) is 0. The van der Waals surface area contributed by atoms with Gasteiger partial charge in [0, 0.05) is 10.6 Å². The maximum Gasteiger partial charge on any atom is 0.336 e. The standard InChI is InChI=1S/C16H16INO2S/c1-9-10(16(19)20)4-2-5-12(9)18-13-6-3-7-14-11(13)8-15(17)21-14/h2,4-5,8,13,18H,3,6-7H2,1H3,(H,19,20). The van der Waals surface area contributed by atoms with Crippen molar-refractivity contribution in [3.8, 4) is 0 Å². The van der Waals surface area contributed by atoms with E-state index in [9.17, 15) is 9.90 Å². The van der Waals surface area contributed by atoms with Gasteiger partial charge in [-0.15, -0.1) is 11.3 Å². The van der Waals surface area contributed by atoms with Crippen LogP contribution in [0.1, 0.15) is 45.2 Å². The Labute approximate surface area is 141 Å². The third-order valence-electron chi connectivity index (χ3n) is 3.98. The van der Waals surface area contributed by atoms with Crippen molar-refractivity contribution in [3.63, 3.8) is 0 Å². The van der Waals surface area contributed by atoms with E-state index in [0.29, 0.717) is 5.56 Å². The molecule has 1 aromatic heterocycles. The van der Waals surface area contributed by atoms with Gasteiger partial charge in [-0.3, -0.25) is 0 Å². The molecule has 0 aliphatic heterocycles. The molecule has 1 aliphatic rings. The number of carboxylic acid groups (broad SMARTS) is 1. The van der Waals surface area contributed by atoms with Crippen molar-refractivity contribution in [3.05, 3.63) is 48.7 Å². The van der Waals surface area contributed by atoms with Gasteiger partial charge in [0.2, 0.25) is 0 Å². The lowest BCUT2D eigenvalue weighted by molar-refractivity contribution is 0.0696. The van der Waals surface area contributed by atoms with E-state index in [1.165, 1.54) is 19.7 Å². The number of anilines is 1. The highest BCUT2D eigenvalue weighted by Crippen LogP contribution is 2.38. The lowest BCUT2D eigenvalue weighted by Crippen LogP contribution is -2.16. The first-order valence-corrected chi connectivity index (χ1v) is 8.83. The van der Waals surface area contributed by atoms with Gasteiger partial charge in [0.05, 0.1) is 14.5 Å². The van der Waals surface area contributed by atoms with Crippen LogP contribution in [0.5, 0.6) is 0 Å². The Bertz CT molecular complexity index is 696. The van der Waals surface area contributed by atoms with Crippen molar-refractivity contribution >= 4 is 45.6 Å². The lowest BCUT2D eigenvalue weighted by atomic mass is 9.93. The van der Waals surface area contributed by atoms with Crippen LogP contribution in [0.3, 0.4) is 0 Å². The highest BCUT2D eigenvalue weighted by molar-refractivity contribution is 14.1. The number of benzene rings is 1. The van der Waals surface area contributed by atoms with Gasteiger partial charge in [0.1, 0.15) is 0 Å². The Morgan fingerprint density at radius 2 is 2.29 bits per heavy atom. The second kappa shape index (κ2) is 5.96. The maximum absolute atomic E-state index is 11.2. The van der Waals surface area contributed by atoms with E-state index < -0.39 is 5.97 Å². The highest BCUT2D eigenvalue weighted by atomic mass is 127. The third-order valence-corrected chi connectivity index (χ3v) is 5.95. The van der Waals surface area contributed by atoms with Crippen LogP contribution in [0.25, 0.3) is 0 Å². The predicted octanol–water partition coefficient (Wildman–Crippen LogP) is 4.85. The lowest BCUT2D eigenvalue weighted by Gasteiger charge is -2.25. The molecule has 0 spiro atoms. The van der Waals surface area contributed by atoms with Gasteiger partial charge in [0.25, 0.3) is 0 Å². The second-order valence-electron chi connectivity index (χ2n) is 5.30. The van der Waals surface area contributed by atoms with Crippen molar-refractivity contribution in [1.82, 2.24) is 0 Å². The SMILES string of the molecule is Cc1c(NC2CCCc3sc(I)cc32)cccc1C(=O)O. The summed E-state index contributed by atoms with van der Waals surface area (Å²) in [6.45, 7) is 1.87. The first-order chi connectivity index (χ1) is 10.1. The third kappa shape index (κ3) is 2.94. The summed E-state index contributed by atoms with van der Waals surface area (Å²) < 4.78 is 1.32. The van der Waals surface area contributed by atoms with E-state index in [1.807, 2.05) is 24.3 Å². The Hall–Kier alpha value is -1.08. The van der Waals surface area contributed by atoms with Crippen molar-refractivity contribution < 1.29 is 9.90 Å².